The smallest absolute Gasteiger partial charge is 0.164 e. The standard InChI is InChI=1S/C48H34N4/c1-48(2)41-19-11-9-17-37(41)38-27-25-35(30-42(38)48)47-50-45(32-13-5-3-6-14-32)49-46(51-47)33-23-21-31(22-24-33)34-26-28-44-40(29-34)39-18-10-12-20-43(39)52(44)36-15-7-4-8-16-36/h3-30H,1-2H3. The Bertz CT molecular complexity index is 2800. The Morgan fingerprint density at radius 3 is 1.69 bits per heavy atom. The van der Waals surface area contributed by atoms with E-state index in [0.717, 1.165) is 33.5 Å². The molecular weight excluding hydrogens is 633 g/mol. The van der Waals surface area contributed by atoms with E-state index >= 15 is 0 Å². The average molecular weight is 667 g/mol. The van der Waals surface area contributed by atoms with Crippen molar-refractivity contribution >= 4 is 21.8 Å². The fraction of sp³-hybridized carbons (Fsp3) is 0.0625. The SMILES string of the molecule is CC1(C)c2ccccc2-c2ccc(-c3nc(-c4ccccc4)nc(-c4ccc(-c5ccc6c(c5)c5ccccc5n6-c5ccccc5)cc4)n3)cc21. The van der Waals surface area contributed by atoms with Crippen molar-refractivity contribution in [2.75, 3.05) is 0 Å². The van der Waals surface area contributed by atoms with Crippen LogP contribution in [0, 0.1) is 0 Å². The number of aromatic nitrogens is 4. The van der Waals surface area contributed by atoms with Crippen molar-refractivity contribution < 1.29 is 0 Å². The van der Waals surface area contributed by atoms with Crippen LogP contribution in [0.25, 0.3) is 83.9 Å². The number of benzene rings is 7. The molecule has 0 radical (unpaired) electrons. The summed E-state index contributed by atoms with van der Waals surface area (Å²) in [5, 5.41) is 2.47. The summed E-state index contributed by atoms with van der Waals surface area (Å²) < 4.78 is 2.35. The normalized spacial score (nSPS) is 13.0. The molecule has 1 aliphatic rings. The molecule has 2 heterocycles. The second kappa shape index (κ2) is 11.7. The molecule has 4 nitrogen and oxygen atoms in total. The van der Waals surface area contributed by atoms with E-state index < -0.39 is 0 Å². The van der Waals surface area contributed by atoms with E-state index in [9.17, 15) is 0 Å². The highest BCUT2D eigenvalue weighted by Gasteiger charge is 2.35. The minimum absolute atomic E-state index is 0.116. The molecule has 1 aliphatic carbocycles. The van der Waals surface area contributed by atoms with Gasteiger partial charge in [-0.2, -0.15) is 0 Å². The van der Waals surface area contributed by atoms with E-state index in [1.807, 2.05) is 18.2 Å². The molecule has 0 spiro atoms. The molecule has 0 unspecified atom stereocenters. The third-order valence-electron chi connectivity index (χ3n) is 10.7. The summed E-state index contributed by atoms with van der Waals surface area (Å²) in [6.45, 7) is 4.60. The van der Waals surface area contributed by atoms with E-state index in [-0.39, 0.29) is 5.41 Å². The van der Waals surface area contributed by atoms with Crippen LogP contribution in [-0.4, -0.2) is 19.5 Å². The molecule has 0 fully saturated rings. The summed E-state index contributed by atoms with van der Waals surface area (Å²) in [4.78, 5) is 15.2. The summed E-state index contributed by atoms with van der Waals surface area (Å²) >= 11 is 0. The van der Waals surface area contributed by atoms with Crippen LogP contribution in [-0.2, 0) is 5.41 Å². The van der Waals surface area contributed by atoms with Gasteiger partial charge < -0.3 is 4.57 Å². The highest BCUT2D eigenvalue weighted by atomic mass is 15.0. The summed E-state index contributed by atoms with van der Waals surface area (Å²) in [6, 6.07) is 60.2. The lowest BCUT2D eigenvalue weighted by atomic mass is 9.82. The zero-order chi connectivity index (χ0) is 34.8. The summed E-state index contributed by atoms with van der Waals surface area (Å²) in [7, 11) is 0. The van der Waals surface area contributed by atoms with Crippen molar-refractivity contribution in [3.8, 4) is 62.1 Å². The predicted molar refractivity (Wildman–Crippen MR) is 213 cm³/mol. The molecule has 246 valence electrons. The fourth-order valence-corrected chi connectivity index (χ4v) is 8.01. The number of hydrogen-bond acceptors (Lipinski definition) is 3. The van der Waals surface area contributed by atoms with Crippen molar-refractivity contribution in [1.82, 2.24) is 19.5 Å². The Labute approximate surface area is 302 Å². The van der Waals surface area contributed by atoms with Crippen LogP contribution < -0.4 is 0 Å². The topological polar surface area (TPSA) is 43.6 Å². The van der Waals surface area contributed by atoms with Gasteiger partial charge in [0.1, 0.15) is 0 Å². The summed E-state index contributed by atoms with van der Waals surface area (Å²) in [5.41, 5.74) is 13.9. The Morgan fingerprint density at radius 1 is 0.385 bits per heavy atom. The van der Waals surface area contributed by atoms with Gasteiger partial charge in [-0.3, -0.25) is 0 Å². The van der Waals surface area contributed by atoms with E-state index in [0.29, 0.717) is 17.5 Å². The molecule has 0 N–H and O–H groups in total. The fourth-order valence-electron chi connectivity index (χ4n) is 8.01. The molecule has 0 aliphatic heterocycles. The predicted octanol–water partition coefficient (Wildman–Crippen LogP) is 11.9. The molecule has 0 bridgehead atoms. The first-order chi connectivity index (χ1) is 25.5. The number of para-hydroxylation sites is 2. The minimum atomic E-state index is -0.116. The van der Waals surface area contributed by atoms with E-state index in [1.165, 1.54) is 44.1 Å². The zero-order valence-corrected chi connectivity index (χ0v) is 29.0. The molecule has 9 aromatic rings. The van der Waals surface area contributed by atoms with Crippen LogP contribution in [0.15, 0.2) is 170 Å². The zero-order valence-electron chi connectivity index (χ0n) is 29.0. The van der Waals surface area contributed by atoms with Gasteiger partial charge in [-0.15, -0.1) is 0 Å². The van der Waals surface area contributed by atoms with Crippen molar-refractivity contribution in [2.45, 2.75) is 19.3 Å². The van der Waals surface area contributed by atoms with Gasteiger partial charge in [-0.1, -0.05) is 147 Å². The van der Waals surface area contributed by atoms with Gasteiger partial charge in [0.2, 0.25) is 0 Å². The molecule has 0 amide bonds. The van der Waals surface area contributed by atoms with Crippen molar-refractivity contribution in [3.63, 3.8) is 0 Å². The number of nitrogens with zero attached hydrogens (tertiary/aromatic N) is 4. The lowest BCUT2D eigenvalue weighted by Crippen LogP contribution is -2.15. The third-order valence-corrected chi connectivity index (χ3v) is 10.7. The summed E-state index contributed by atoms with van der Waals surface area (Å²) in [6.07, 6.45) is 0. The average Bonchev–Trinajstić information content (AvgIpc) is 3.66. The highest BCUT2D eigenvalue weighted by Crippen LogP contribution is 2.49. The van der Waals surface area contributed by atoms with Gasteiger partial charge in [-0.25, -0.2) is 15.0 Å². The first-order valence-corrected chi connectivity index (χ1v) is 17.8. The molecule has 2 aromatic heterocycles. The van der Waals surface area contributed by atoms with Crippen LogP contribution in [0.4, 0.5) is 0 Å². The molecule has 0 atom stereocenters. The molecule has 52 heavy (non-hydrogen) atoms. The van der Waals surface area contributed by atoms with Crippen LogP contribution in [0.2, 0.25) is 0 Å². The summed E-state index contributed by atoms with van der Waals surface area (Å²) in [5.74, 6) is 1.98. The van der Waals surface area contributed by atoms with Gasteiger partial charge in [-0.05, 0) is 69.8 Å². The second-order valence-corrected chi connectivity index (χ2v) is 14.1. The van der Waals surface area contributed by atoms with Crippen molar-refractivity contribution in [1.29, 1.82) is 0 Å². The Morgan fingerprint density at radius 2 is 0.923 bits per heavy atom. The Hall–Kier alpha value is -6.65. The van der Waals surface area contributed by atoms with Gasteiger partial charge in [0.15, 0.2) is 17.5 Å². The molecular formula is C48H34N4. The van der Waals surface area contributed by atoms with E-state index in [4.69, 9.17) is 15.0 Å². The van der Waals surface area contributed by atoms with Crippen LogP contribution in [0.1, 0.15) is 25.0 Å². The van der Waals surface area contributed by atoms with Gasteiger partial charge in [0.25, 0.3) is 0 Å². The number of rotatable bonds is 5. The number of fused-ring (bicyclic) bond motifs is 6. The lowest BCUT2D eigenvalue weighted by Gasteiger charge is -2.21. The lowest BCUT2D eigenvalue weighted by molar-refractivity contribution is 0.660. The van der Waals surface area contributed by atoms with Gasteiger partial charge in [0, 0.05) is 38.6 Å². The Kier molecular flexibility index (Phi) is 6.80. The highest BCUT2D eigenvalue weighted by molar-refractivity contribution is 6.10. The van der Waals surface area contributed by atoms with Crippen molar-refractivity contribution in [3.05, 3.63) is 181 Å². The molecule has 7 aromatic carbocycles. The maximum atomic E-state index is 5.11. The monoisotopic (exact) mass is 666 g/mol. The van der Waals surface area contributed by atoms with Crippen LogP contribution in [0.5, 0.6) is 0 Å². The van der Waals surface area contributed by atoms with Gasteiger partial charge in [0.05, 0.1) is 11.0 Å². The van der Waals surface area contributed by atoms with E-state index in [2.05, 4.69) is 170 Å². The molecule has 10 rings (SSSR count). The first-order valence-electron chi connectivity index (χ1n) is 17.8. The first kappa shape index (κ1) is 30.2. The van der Waals surface area contributed by atoms with Crippen LogP contribution in [0.3, 0.4) is 0 Å². The quantitative estimate of drug-likeness (QED) is 0.184. The molecule has 0 saturated carbocycles. The largest absolute Gasteiger partial charge is 0.309 e. The maximum Gasteiger partial charge on any atom is 0.164 e. The van der Waals surface area contributed by atoms with Crippen LogP contribution >= 0.6 is 0 Å². The molecule has 4 heteroatoms. The van der Waals surface area contributed by atoms with E-state index in [1.54, 1.807) is 0 Å². The third kappa shape index (κ3) is 4.79. The second-order valence-electron chi connectivity index (χ2n) is 14.1. The minimum Gasteiger partial charge on any atom is -0.309 e. The molecule has 0 saturated heterocycles. The maximum absolute atomic E-state index is 5.11. The number of hydrogen-bond donors (Lipinski definition) is 0. The van der Waals surface area contributed by atoms with Crippen molar-refractivity contribution in [2.24, 2.45) is 0 Å². The van der Waals surface area contributed by atoms with Gasteiger partial charge >= 0.3 is 0 Å². The Balaban J connectivity index is 1.06.